The number of carbonyl (C=O) groups is 1. The Hall–Kier alpha value is -2.55. The molecule has 0 rings (SSSR count). The molecule has 0 aliphatic carbocycles. The largest absolute Gasteiger partial charge is 0.503 e. The second kappa shape index (κ2) is 10.2. The Bertz CT molecular complexity index is 548. The van der Waals surface area contributed by atoms with Gasteiger partial charge >= 0.3 is 0 Å². The van der Waals surface area contributed by atoms with Crippen LogP contribution in [0.15, 0.2) is 85.5 Å². The molecule has 0 aliphatic rings. The number of rotatable bonds is 9. The number of hydrogen-bond donors (Lipinski definition) is 1. The van der Waals surface area contributed by atoms with Crippen LogP contribution in [0.2, 0.25) is 0 Å². The van der Waals surface area contributed by atoms with E-state index in [1.807, 2.05) is 31.2 Å². The molecule has 0 bridgehead atoms. The molecular formula is C19H25NO2. The van der Waals surface area contributed by atoms with Crippen LogP contribution in [-0.2, 0) is 4.79 Å². The monoisotopic (exact) mass is 299 g/mol. The first-order valence-corrected chi connectivity index (χ1v) is 6.97. The Morgan fingerprint density at radius 2 is 1.82 bits per heavy atom. The Morgan fingerprint density at radius 1 is 1.18 bits per heavy atom. The quantitative estimate of drug-likeness (QED) is 0.388. The Morgan fingerprint density at radius 3 is 2.32 bits per heavy atom. The lowest BCUT2D eigenvalue weighted by atomic mass is 10.00. The number of hydrogen-bond acceptors (Lipinski definition) is 3. The smallest absolute Gasteiger partial charge is 0.221 e. The normalized spacial score (nSPS) is 14.6. The fraction of sp³-hybridized carbons (Fsp3) is 0.211. The average Bonchev–Trinajstić information content (AvgIpc) is 2.50. The molecule has 3 heteroatoms. The minimum atomic E-state index is -0.506. The van der Waals surface area contributed by atoms with E-state index >= 15 is 0 Å². The predicted molar refractivity (Wildman–Crippen MR) is 94.2 cm³/mol. The number of nitrogens with zero attached hydrogens (tertiary/aromatic N) is 1. The minimum absolute atomic E-state index is 0.219. The van der Waals surface area contributed by atoms with E-state index in [2.05, 4.69) is 26.7 Å². The number of aliphatic hydroxyl groups is 1. The van der Waals surface area contributed by atoms with Gasteiger partial charge in [-0.2, -0.15) is 0 Å². The van der Waals surface area contributed by atoms with E-state index in [0.29, 0.717) is 0 Å². The van der Waals surface area contributed by atoms with Gasteiger partial charge < -0.3 is 10.0 Å². The Kier molecular flexibility index (Phi) is 9.03. The summed E-state index contributed by atoms with van der Waals surface area (Å²) in [5.41, 5.74) is 1.96. The topological polar surface area (TPSA) is 40.5 Å². The van der Waals surface area contributed by atoms with Gasteiger partial charge in [-0.05, 0) is 30.6 Å². The highest BCUT2D eigenvalue weighted by Crippen LogP contribution is 2.13. The lowest BCUT2D eigenvalue weighted by Crippen LogP contribution is -2.11. The van der Waals surface area contributed by atoms with Crippen LogP contribution in [0.5, 0.6) is 0 Å². The van der Waals surface area contributed by atoms with Crippen molar-refractivity contribution in [1.29, 1.82) is 0 Å². The molecule has 1 atom stereocenters. The number of ketones is 1. The lowest BCUT2D eigenvalue weighted by Gasteiger charge is -2.14. The number of allylic oxidation sites excluding steroid dienone is 9. The van der Waals surface area contributed by atoms with E-state index in [1.54, 1.807) is 24.1 Å². The molecule has 0 aromatic carbocycles. The van der Waals surface area contributed by atoms with E-state index in [9.17, 15) is 9.90 Å². The molecule has 0 saturated heterocycles. The fourth-order valence-electron chi connectivity index (χ4n) is 1.59. The van der Waals surface area contributed by atoms with Crippen molar-refractivity contribution in [2.24, 2.45) is 5.92 Å². The molecule has 1 unspecified atom stereocenters. The van der Waals surface area contributed by atoms with Gasteiger partial charge in [0.05, 0.1) is 0 Å². The first-order chi connectivity index (χ1) is 10.4. The van der Waals surface area contributed by atoms with Gasteiger partial charge in [0, 0.05) is 18.9 Å². The first-order valence-electron chi connectivity index (χ1n) is 6.97. The summed E-state index contributed by atoms with van der Waals surface area (Å²) in [6, 6.07) is 0. The van der Waals surface area contributed by atoms with E-state index in [1.165, 1.54) is 6.20 Å². The van der Waals surface area contributed by atoms with Crippen LogP contribution in [0.25, 0.3) is 0 Å². The minimum Gasteiger partial charge on any atom is -0.503 e. The highest BCUT2D eigenvalue weighted by molar-refractivity contribution is 6.01. The summed E-state index contributed by atoms with van der Waals surface area (Å²) < 4.78 is 0. The van der Waals surface area contributed by atoms with Crippen molar-refractivity contribution in [2.45, 2.75) is 13.8 Å². The highest BCUT2D eigenvalue weighted by Gasteiger charge is 2.04. The Labute approximate surface area is 133 Å². The molecule has 0 aromatic rings. The molecular weight excluding hydrogens is 274 g/mol. The Balaban J connectivity index is 4.93. The molecule has 0 aromatic heterocycles. The molecule has 0 radical (unpaired) electrons. The van der Waals surface area contributed by atoms with Gasteiger partial charge in [0.1, 0.15) is 0 Å². The summed E-state index contributed by atoms with van der Waals surface area (Å²) in [7, 11) is 1.75. The SMILES string of the molecule is C=C/C=C(\C=C)C(C)/C=C\C=C(/C)N(C)/C=C(/O)C(=O)C=C. The van der Waals surface area contributed by atoms with Crippen molar-refractivity contribution in [3.63, 3.8) is 0 Å². The van der Waals surface area contributed by atoms with Gasteiger partial charge in [0.25, 0.3) is 0 Å². The van der Waals surface area contributed by atoms with Crippen molar-refractivity contribution in [2.75, 3.05) is 7.05 Å². The molecule has 3 nitrogen and oxygen atoms in total. The van der Waals surface area contributed by atoms with Crippen LogP contribution >= 0.6 is 0 Å². The van der Waals surface area contributed by atoms with Crippen LogP contribution in [0.4, 0.5) is 0 Å². The van der Waals surface area contributed by atoms with Crippen molar-refractivity contribution in [3.05, 3.63) is 85.5 Å². The first kappa shape index (κ1) is 19.4. The maximum atomic E-state index is 11.2. The summed E-state index contributed by atoms with van der Waals surface area (Å²) >= 11 is 0. The summed E-state index contributed by atoms with van der Waals surface area (Å²) in [6.45, 7) is 14.7. The summed E-state index contributed by atoms with van der Waals surface area (Å²) in [5, 5.41) is 9.54. The van der Waals surface area contributed by atoms with Crippen molar-refractivity contribution >= 4 is 5.78 Å². The number of aliphatic hydroxyl groups excluding tert-OH is 1. The van der Waals surface area contributed by atoms with Gasteiger partial charge in [0.15, 0.2) is 5.76 Å². The van der Waals surface area contributed by atoms with E-state index in [4.69, 9.17) is 0 Å². The van der Waals surface area contributed by atoms with Crippen LogP contribution in [-0.4, -0.2) is 22.8 Å². The van der Waals surface area contributed by atoms with Crippen LogP contribution in [0.1, 0.15) is 13.8 Å². The molecule has 0 spiro atoms. The van der Waals surface area contributed by atoms with Crippen LogP contribution in [0.3, 0.4) is 0 Å². The van der Waals surface area contributed by atoms with E-state index in [0.717, 1.165) is 17.3 Å². The molecule has 0 saturated carbocycles. The van der Waals surface area contributed by atoms with Crippen molar-refractivity contribution in [3.8, 4) is 0 Å². The highest BCUT2D eigenvalue weighted by atomic mass is 16.3. The third kappa shape index (κ3) is 6.75. The summed E-state index contributed by atoms with van der Waals surface area (Å²) in [5.74, 6) is -0.629. The van der Waals surface area contributed by atoms with Crippen LogP contribution in [0, 0.1) is 5.92 Å². The summed E-state index contributed by atoms with van der Waals surface area (Å²) in [4.78, 5) is 12.9. The second-order valence-corrected chi connectivity index (χ2v) is 4.78. The van der Waals surface area contributed by atoms with E-state index in [-0.39, 0.29) is 11.7 Å². The predicted octanol–water partition coefficient (Wildman–Crippen LogP) is 4.47. The standard InChI is InChI=1S/C19H25NO2/c1-7-11-17(8-2)15(4)12-10-13-16(5)20(6)14-19(22)18(21)9-3/h7-15,22H,1-3H2,4-6H3/b12-10-,16-13+,17-11+,19-14+. The maximum Gasteiger partial charge on any atom is 0.221 e. The van der Waals surface area contributed by atoms with Gasteiger partial charge in [-0.15, -0.1) is 0 Å². The lowest BCUT2D eigenvalue weighted by molar-refractivity contribution is -0.113. The van der Waals surface area contributed by atoms with Gasteiger partial charge in [0.2, 0.25) is 5.78 Å². The van der Waals surface area contributed by atoms with Gasteiger partial charge in [-0.25, -0.2) is 0 Å². The van der Waals surface area contributed by atoms with Crippen molar-refractivity contribution in [1.82, 2.24) is 4.90 Å². The maximum absolute atomic E-state index is 11.2. The van der Waals surface area contributed by atoms with Crippen LogP contribution < -0.4 is 0 Å². The molecule has 0 fully saturated rings. The zero-order valence-electron chi connectivity index (χ0n) is 13.6. The van der Waals surface area contributed by atoms with Crippen molar-refractivity contribution < 1.29 is 9.90 Å². The fourth-order valence-corrected chi connectivity index (χ4v) is 1.59. The van der Waals surface area contributed by atoms with E-state index < -0.39 is 5.78 Å². The third-order valence-corrected chi connectivity index (χ3v) is 3.12. The number of carbonyl (C=O) groups excluding carboxylic acids is 1. The third-order valence-electron chi connectivity index (χ3n) is 3.12. The molecule has 1 N–H and O–H groups in total. The van der Waals surface area contributed by atoms with Gasteiger partial charge in [-0.3, -0.25) is 4.79 Å². The summed E-state index contributed by atoms with van der Waals surface area (Å²) in [6.07, 6.45) is 13.8. The van der Waals surface area contributed by atoms with Gasteiger partial charge in [-0.1, -0.05) is 57.0 Å². The second-order valence-electron chi connectivity index (χ2n) is 4.78. The zero-order chi connectivity index (χ0) is 17.1. The molecule has 22 heavy (non-hydrogen) atoms. The zero-order valence-corrected chi connectivity index (χ0v) is 13.6. The average molecular weight is 299 g/mol. The molecule has 0 amide bonds. The molecule has 0 aliphatic heterocycles. The molecule has 118 valence electrons. The molecule has 0 heterocycles.